The van der Waals surface area contributed by atoms with Crippen LogP contribution in [0.25, 0.3) is 0 Å². The lowest BCUT2D eigenvalue weighted by Crippen LogP contribution is -2.29. The maximum Gasteiger partial charge on any atom is 0.123 e. The van der Waals surface area contributed by atoms with E-state index in [-0.39, 0.29) is 11.9 Å². The number of rotatable bonds is 3. The second-order valence-corrected chi connectivity index (χ2v) is 3.78. The molecule has 0 aliphatic carbocycles. The first-order valence-electron chi connectivity index (χ1n) is 5.21. The topological polar surface area (TPSA) is 63.8 Å². The molecule has 1 heterocycles. The average molecular weight is 232 g/mol. The lowest BCUT2D eigenvalue weighted by Gasteiger charge is -2.18. The van der Waals surface area contributed by atoms with Gasteiger partial charge >= 0.3 is 0 Å². The van der Waals surface area contributed by atoms with Gasteiger partial charge in [-0.05, 0) is 41.8 Å². The van der Waals surface area contributed by atoms with E-state index in [1.165, 1.54) is 12.1 Å². The van der Waals surface area contributed by atoms with Crippen LogP contribution in [0.3, 0.4) is 0 Å². The Kier molecular flexibility index (Phi) is 3.41. The molecule has 2 rings (SSSR count). The van der Waals surface area contributed by atoms with Crippen molar-refractivity contribution in [1.29, 1.82) is 0 Å². The number of halogens is 1. The molecule has 0 fully saturated rings. The molecule has 3 N–H and O–H groups in total. The number of nitrogens with zero attached hydrogens (tertiary/aromatic N) is 2. The van der Waals surface area contributed by atoms with E-state index in [0.29, 0.717) is 0 Å². The molecule has 0 saturated heterocycles. The van der Waals surface area contributed by atoms with Gasteiger partial charge in [0, 0.05) is 6.20 Å². The van der Waals surface area contributed by atoms with Crippen LogP contribution in [0.5, 0.6) is 0 Å². The molecule has 4 nitrogen and oxygen atoms in total. The van der Waals surface area contributed by atoms with Gasteiger partial charge in [-0.2, -0.15) is 10.2 Å². The van der Waals surface area contributed by atoms with Crippen molar-refractivity contribution in [3.63, 3.8) is 0 Å². The van der Waals surface area contributed by atoms with Crippen LogP contribution < -0.4 is 11.3 Å². The summed E-state index contributed by atoms with van der Waals surface area (Å²) >= 11 is 0. The molecular formula is C12H13FN4. The van der Waals surface area contributed by atoms with Gasteiger partial charge in [0.15, 0.2) is 0 Å². The number of hydrogen-bond acceptors (Lipinski definition) is 4. The van der Waals surface area contributed by atoms with Crippen molar-refractivity contribution >= 4 is 0 Å². The van der Waals surface area contributed by atoms with Gasteiger partial charge in [0.05, 0.1) is 12.2 Å². The molecule has 0 spiro atoms. The van der Waals surface area contributed by atoms with E-state index in [4.69, 9.17) is 5.84 Å². The number of nitrogens with one attached hydrogen (secondary N) is 1. The fourth-order valence-electron chi connectivity index (χ4n) is 1.80. The smallest absolute Gasteiger partial charge is 0.123 e. The monoisotopic (exact) mass is 232 g/mol. The molecule has 88 valence electrons. The first kappa shape index (κ1) is 11.6. The van der Waals surface area contributed by atoms with Crippen molar-refractivity contribution in [3.05, 3.63) is 59.2 Å². The van der Waals surface area contributed by atoms with Crippen LogP contribution in [0.4, 0.5) is 4.39 Å². The summed E-state index contributed by atoms with van der Waals surface area (Å²) in [5.41, 5.74) is 5.35. The van der Waals surface area contributed by atoms with Gasteiger partial charge in [0.25, 0.3) is 0 Å². The zero-order valence-electron chi connectivity index (χ0n) is 9.39. The first-order valence-corrected chi connectivity index (χ1v) is 5.21. The van der Waals surface area contributed by atoms with Gasteiger partial charge in [-0.25, -0.2) is 9.82 Å². The maximum absolute atomic E-state index is 13.0. The molecule has 2 aromatic rings. The van der Waals surface area contributed by atoms with E-state index in [1.807, 2.05) is 13.0 Å². The van der Waals surface area contributed by atoms with Crippen LogP contribution in [-0.4, -0.2) is 10.2 Å². The van der Waals surface area contributed by atoms with E-state index in [2.05, 4.69) is 15.6 Å². The number of nitrogens with two attached hydrogens (primary N) is 1. The summed E-state index contributed by atoms with van der Waals surface area (Å²) in [4.78, 5) is 0. The van der Waals surface area contributed by atoms with E-state index in [9.17, 15) is 4.39 Å². The zero-order valence-corrected chi connectivity index (χ0v) is 9.39. The zero-order chi connectivity index (χ0) is 12.3. The number of hydrazine groups is 1. The van der Waals surface area contributed by atoms with Crippen LogP contribution >= 0.6 is 0 Å². The fourth-order valence-corrected chi connectivity index (χ4v) is 1.80. The molecule has 5 heteroatoms. The molecule has 0 aliphatic rings. The summed E-state index contributed by atoms with van der Waals surface area (Å²) < 4.78 is 13.0. The predicted octanol–water partition coefficient (Wildman–Crippen LogP) is 1.48. The summed E-state index contributed by atoms with van der Waals surface area (Å²) in [6.07, 6.45) is 3.23. The fraction of sp³-hybridized carbons (Fsp3) is 0.167. The minimum atomic E-state index is -0.255. The highest BCUT2D eigenvalue weighted by Gasteiger charge is 2.15. The maximum atomic E-state index is 13.0. The Morgan fingerprint density at radius 1 is 1.29 bits per heavy atom. The molecular weight excluding hydrogens is 219 g/mol. The number of aryl methyl sites for hydroxylation is 1. The molecule has 0 bridgehead atoms. The SMILES string of the molecule is Cc1cc(F)ccc1C(NN)c1ccnnc1. The molecule has 17 heavy (non-hydrogen) atoms. The van der Waals surface area contributed by atoms with Crippen molar-refractivity contribution in [2.45, 2.75) is 13.0 Å². The summed E-state index contributed by atoms with van der Waals surface area (Å²) in [6.45, 7) is 1.84. The predicted molar refractivity (Wildman–Crippen MR) is 62.3 cm³/mol. The Labute approximate surface area is 98.7 Å². The molecule has 0 radical (unpaired) electrons. The molecule has 0 aliphatic heterocycles. The van der Waals surface area contributed by atoms with Crippen LogP contribution in [0.15, 0.2) is 36.7 Å². The van der Waals surface area contributed by atoms with Crippen LogP contribution in [0, 0.1) is 12.7 Å². The van der Waals surface area contributed by atoms with Gasteiger partial charge in [0.2, 0.25) is 0 Å². The van der Waals surface area contributed by atoms with Crippen LogP contribution in [0.1, 0.15) is 22.7 Å². The van der Waals surface area contributed by atoms with E-state index >= 15 is 0 Å². The van der Waals surface area contributed by atoms with Crippen molar-refractivity contribution in [2.75, 3.05) is 0 Å². The van der Waals surface area contributed by atoms with E-state index < -0.39 is 0 Å². The number of aromatic nitrogens is 2. The second kappa shape index (κ2) is 4.99. The van der Waals surface area contributed by atoms with Crippen LogP contribution in [0.2, 0.25) is 0 Å². The van der Waals surface area contributed by atoms with Gasteiger partial charge in [-0.3, -0.25) is 5.84 Å². The Bertz CT molecular complexity index is 501. The average Bonchev–Trinajstić information content (AvgIpc) is 2.34. The summed E-state index contributed by atoms with van der Waals surface area (Å²) in [6, 6.07) is 6.22. The first-order chi connectivity index (χ1) is 8.22. The summed E-state index contributed by atoms with van der Waals surface area (Å²) in [7, 11) is 0. The highest BCUT2D eigenvalue weighted by Crippen LogP contribution is 2.23. The lowest BCUT2D eigenvalue weighted by molar-refractivity contribution is 0.610. The molecule has 1 aromatic heterocycles. The Morgan fingerprint density at radius 3 is 2.71 bits per heavy atom. The Morgan fingerprint density at radius 2 is 2.12 bits per heavy atom. The lowest BCUT2D eigenvalue weighted by atomic mass is 9.97. The van der Waals surface area contributed by atoms with Crippen molar-refractivity contribution in [2.24, 2.45) is 5.84 Å². The largest absolute Gasteiger partial charge is 0.271 e. The summed E-state index contributed by atoms with van der Waals surface area (Å²) in [5.74, 6) is 5.30. The van der Waals surface area contributed by atoms with E-state index in [0.717, 1.165) is 16.7 Å². The van der Waals surface area contributed by atoms with Gasteiger partial charge in [-0.1, -0.05) is 6.07 Å². The second-order valence-electron chi connectivity index (χ2n) is 3.78. The quantitative estimate of drug-likeness (QED) is 0.621. The normalized spacial score (nSPS) is 12.4. The van der Waals surface area contributed by atoms with E-state index in [1.54, 1.807) is 18.5 Å². The molecule has 1 atom stereocenters. The molecule has 0 saturated carbocycles. The molecule has 0 amide bonds. The van der Waals surface area contributed by atoms with Crippen molar-refractivity contribution < 1.29 is 4.39 Å². The van der Waals surface area contributed by atoms with Gasteiger partial charge in [0.1, 0.15) is 5.82 Å². The minimum absolute atomic E-state index is 0.217. The van der Waals surface area contributed by atoms with Crippen molar-refractivity contribution in [3.8, 4) is 0 Å². The number of benzene rings is 1. The number of hydrogen-bond donors (Lipinski definition) is 2. The third-order valence-electron chi connectivity index (χ3n) is 2.65. The standard InChI is InChI=1S/C12H13FN4/c1-8-6-10(13)2-3-11(8)12(17-14)9-4-5-15-16-7-9/h2-7,12,17H,14H2,1H3. The highest BCUT2D eigenvalue weighted by atomic mass is 19.1. The Balaban J connectivity index is 2.42. The van der Waals surface area contributed by atoms with Gasteiger partial charge < -0.3 is 0 Å². The minimum Gasteiger partial charge on any atom is -0.271 e. The van der Waals surface area contributed by atoms with Crippen molar-refractivity contribution in [1.82, 2.24) is 15.6 Å². The van der Waals surface area contributed by atoms with Crippen LogP contribution in [-0.2, 0) is 0 Å². The highest BCUT2D eigenvalue weighted by molar-refractivity contribution is 5.35. The summed E-state index contributed by atoms with van der Waals surface area (Å²) in [5, 5.41) is 7.52. The third kappa shape index (κ3) is 2.46. The molecule has 1 unspecified atom stereocenters. The molecule has 1 aromatic carbocycles. The third-order valence-corrected chi connectivity index (χ3v) is 2.65. The Hall–Kier alpha value is -1.85. The van der Waals surface area contributed by atoms with Gasteiger partial charge in [-0.15, -0.1) is 0 Å².